The number of nitrogen functional groups attached to an aromatic ring is 1. The van der Waals surface area contributed by atoms with Gasteiger partial charge in [0.1, 0.15) is 30.5 Å². The van der Waals surface area contributed by atoms with E-state index in [1.807, 2.05) is 0 Å². The highest BCUT2D eigenvalue weighted by Crippen LogP contribution is 2.59. The van der Waals surface area contributed by atoms with Crippen molar-refractivity contribution in [2.24, 2.45) is 17.1 Å². The maximum absolute atomic E-state index is 13.3. The molecule has 0 radical (unpaired) electrons. The van der Waals surface area contributed by atoms with Crippen LogP contribution in [0.5, 0.6) is 5.88 Å². The van der Waals surface area contributed by atoms with Crippen LogP contribution in [0, 0.1) is 11.3 Å². The van der Waals surface area contributed by atoms with Crippen molar-refractivity contribution in [3.05, 3.63) is 6.33 Å². The predicted octanol–water partition coefficient (Wildman–Crippen LogP) is 1.81. The van der Waals surface area contributed by atoms with Gasteiger partial charge in [0.2, 0.25) is 11.8 Å². The number of ether oxygens (including phenoxy) is 3. The molecule has 0 saturated carbocycles. The lowest BCUT2D eigenvalue weighted by Crippen LogP contribution is -2.47. The van der Waals surface area contributed by atoms with Crippen molar-refractivity contribution < 1.29 is 47.0 Å². The zero-order valence-electron chi connectivity index (χ0n) is 24.9. The van der Waals surface area contributed by atoms with Crippen LogP contribution in [0.15, 0.2) is 6.33 Å². The van der Waals surface area contributed by atoms with Crippen molar-refractivity contribution in [2.75, 3.05) is 37.9 Å². The molecular formula is C25H39N6O10PS. The number of phosphoric ester groups is 1. The molecule has 0 aromatic carbocycles. The molecular weight excluding hydrogens is 607 g/mol. The molecule has 6 atom stereocenters. The zero-order chi connectivity index (χ0) is 31.7. The number of aliphatic hydroxyl groups is 1. The van der Waals surface area contributed by atoms with Crippen LogP contribution >= 0.6 is 19.6 Å². The van der Waals surface area contributed by atoms with Crippen LogP contribution in [0.1, 0.15) is 47.8 Å². The standard InChI is InChI=1S/C25H39N6O10PS/c1-7-36-19-16-18(29-23(27)30-19)31(12-28-16)21-25(6,34)17-14(40-21)10-39-42(35,41-17)38-8-9-43-22(33)24(4,5)11-37-20(32)15(26)13(2)3/h12-15,17,21,34H,7-11,26H2,1-6H3,(H2,27,29,30)/t14-,15+,17-,21-,25-,42?/m1/s1. The van der Waals surface area contributed by atoms with Crippen LogP contribution in [0.3, 0.4) is 0 Å². The third-order valence-corrected chi connectivity index (χ3v) is 9.62. The second-order valence-corrected chi connectivity index (χ2v) is 14.1. The average Bonchev–Trinajstić information content (AvgIpc) is 3.46. The summed E-state index contributed by atoms with van der Waals surface area (Å²) in [6, 6.07) is -0.777. The fraction of sp³-hybridized carbons (Fsp3) is 0.720. The molecule has 0 aliphatic carbocycles. The molecule has 2 saturated heterocycles. The predicted molar refractivity (Wildman–Crippen MR) is 155 cm³/mol. The highest BCUT2D eigenvalue weighted by Gasteiger charge is 2.60. The van der Waals surface area contributed by atoms with Gasteiger partial charge in [-0.15, -0.1) is 0 Å². The Morgan fingerprint density at radius 1 is 1.35 bits per heavy atom. The first-order valence-corrected chi connectivity index (χ1v) is 16.2. The molecule has 2 aromatic rings. The number of carbonyl (C=O) groups is 2. The molecule has 4 rings (SSSR count). The highest BCUT2D eigenvalue weighted by molar-refractivity contribution is 8.13. The SMILES string of the molecule is CCOc1nc(N)nc2c1ncn2[C@@H]1O[C@@H]2COP(=O)(OCCSC(=O)C(C)(C)COC(=O)[C@@H](N)C(C)C)O[C@H]2[C@@]1(C)O. The third kappa shape index (κ3) is 7.14. The van der Waals surface area contributed by atoms with Crippen LogP contribution in [-0.4, -0.2) is 91.7 Å². The molecule has 0 spiro atoms. The van der Waals surface area contributed by atoms with Gasteiger partial charge in [-0.2, -0.15) is 9.97 Å². The van der Waals surface area contributed by atoms with Gasteiger partial charge in [-0.25, -0.2) is 9.55 Å². The molecule has 2 aliphatic rings. The van der Waals surface area contributed by atoms with Crippen molar-refractivity contribution in [3.63, 3.8) is 0 Å². The van der Waals surface area contributed by atoms with Gasteiger partial charge in [-0.1, -0.05) is 25.6 Å². The second kappa shape index (κ2) is 12.9. The third-order valence-electron chi connectivity index (χ3n) is 6.98. The molecule has 5 N–H and O–H groups in total. The molecule has 18 heteroatoms. The minimum absolute atomic E-state index is 0.0543. The topological polar surface area (TPSA) is 222 Å². The number of imidazole rings is 1. The van der Waals surface area contributed by atoms with E-state index in [-0.39, 0.29) is 54.1 Å². The Labute approximate surface area is 253 Å². The second-order valence-electron chi connectivity index (χ2n) is 11.4. The van der Waals surface area contributed by atoms with Gasteiger partial charge in [0, 0.05) is 5.75 Å². The Morgan fingerprint density at radius 3 is 2.74 bits per heavy atom. The number of anilines is 1. The van der Waals surface area contributed by atoms with Crippen LogP contribution in [-0.2, 0) is 37.2 Å². The van der Waals surface area contributed by atoms with Crippen molar-refractivity contribution >= 4 is 47.8 Å². The summed E-state index contributed by atoms with van der Waals surface area (Å²) in [4.78, 5) is 37.4. The summed E-state index contributed by atoms with van der Waals surface area (Å²) in [6.07, 6.45) is -1.55. The van der Waals surface area contributed by atoms with Crippen LogP contribution in [0.25, 0.3) is 11.2 Å². The summed E-state index contributed by atoms with van der Waals surface area (Å²) in [5.74, 6) is -0.422. The molecule has 240 valence electrons. The molecule has 0 amide bonds. The Bertz CT molecular complexity index is 1390. The van der Waals surface area contributed by atoms with E-state index >= 15 is 0 Å². The molecule has 2 aromatic heterocycles. The van der Waals surface area contributed by atoms with Crippen molar-refractivity contribution in [1.29, 1.82) is 0 Å². The molecule has 2 fully saturated rings. The van der Waals surface area contributed by atoms with E-state index in [1.54, 1.807) is 34.6 Å². The molecule has 4 heterocycles. The minimum Gasteiger partial charge on any atom is -0.476 e. The summed E-state index contributed by atoms with van der Waals surface area (Å²) < 4.78 is 48.1. The maximum Gasteiger partial charge on any atom is 0.475 e. The summed E-state index contributed by atoms with van der Waals surface area (Å²) in [7, 11) is -4.12. The smallest absolute Gasteiger partial charge is 0.475 e. The minimum atomic E-state index is -4.12. The zero-order valence-corrected chi connectivity index (χ0v) is 26.6. The summed E-state index contributed by atoms with van der Waals surface area (Å²) in [6.45, 7) is 9.99. The lowest BCUT2D eigenvalue weighted by molar-refractivity contribution is -0.150. The number of esters is 1. The maximum atomic E-state index is 13.3. The fourth-order valence-electron chi connectivity index (χ4n) is 4.42. The normalized spacial score (nSPS) is 28.2. The van der Waals surface area contributed by atoms with Crippen molar-refractivity contribution in [2.45, 2.75) is 71.6 Å². The van der Waals surface area contributed by atoms with Crippen LogP contribution in [0.2, 0.25) is 0 Å². The van der Waals surface area contributed by atoms with E-state index in [1.165, 1.54) is 17.8 Å². The monoisotopic (exact) mass is 646 g/mol. The van der Waals surface area contributed by atoms with Gasteiger partial charge in [0.05, 0.1) is 31.6 Å². The first-order valence-electron chi connectivity index (χ1n) is 13.8. The Kier molecular flexibility index (Phi) is 10.1. The van der Waals surface area contributed by atoms with E-state index in [2.05, 4.69) is 15.0 Å². The Balaban J connectivity index is 1.34. The number of nitrogens with two attached hydrogens (primary N) is 2. The Hall–Kier alpha value is -2.37. The number of phosphoric acid groups is 1. The van der Waals surface area contributed by atoms with Crippen molar-refractivity contribution in [1.82, 2.24) is 19.5 Å². The number of thioether (sulfide) groups is 1. The molecule has 0 bridgehead atoms. The fourth-order valence-corrected chi connectivity index (χ4v) is 6.81. The van der Waals surface area contributed by atoms with Gasteiger partial charge >= 0.3 is 13.8 Å². The highest BCUT2D eigenvalue weighted by atomic mass is 32.2. The summed E-state index contributed by atoms with van der Waals surface area (Å²) >= 11 is 0.926. The molecule has 43 heavy (non-hydrogen) atoms. The molecule has 16 nitrogen and oxygen atoms in total. The number of carbonyl (C=O) groups excluding carboxylic acids is 2. The van der Waals surface area contributed by atoms with Gasteiger partial charge < -0.3 is 30.8 Å². The summed E-state index contributed by atoms with van der Waals surface area (Å²) in [5, 5.41) is 11.3. The Morgan fingerprint density at radius 2 is 2.07 bits per heavy atom. The number of hydrogen-bond acceptors (Lipinski definition) is 16. The quantitative estimate of drug-likeness (QED) is 0.170. The van der Waals surface area contributed by atoms with E-state index in [0.717, 1.165) is 11.8 Å². The number of fused-ring (bicyclic) bond motifs is 2. The number of nitrogens with zero attached hydrogens (tertiary/aromatic N) is 4. The van der Waals surface area contributed by atoms with Gasteiger partial charge in [0.25, 0.3) is 0 Å². The van der Waals surface area contributed by atoms with Crippen LogP contribution < -0.4 is 16.2 Å². The first-order chi connectivity index (χ1) is 20.1. The lowest BCUT2D eigenvalue weighted by atomic mass is 9.96. The summed E-state index contributed by atoms with van der Waals surface area (Å²) in [5.41, 5.74) is 9.53. The first kappa shape index (κ1) is 33.5. The lowest BCUT2D eigenvalue weighted by Gasteiger charge is -2.35. The van der Waals surface area contributed by atoms with Gasteiger partial charge in [0.15, 0.2) is 22.5 Å². The van der Waals surface area contributed by atoms with Crippen molar-refractivity contribution in [3.8, 4) is 5.88 Å². The molecule has 2 aliphatic heterocycles. The van der Waals surface area contributed by atoms with E-state index in [4.69, 9.17) is 39.2 Å². The van der Waals surface area contributed by atoms with Gasteiger partial charge in [-0.3, -0.25) is 27.7 Å². The largest absolute Gasteiger partial charge is 0.476 e. The van der Waals surface area contributed by atoms with E-state index in [0.29, 0.717) is 12.1 Å². The van der Waals surface area contributed by atoms with Gasteiger partial charge in [-0.05, 0) is 33.6 Å². The van der Waals surface area contributed by atoms with E-state index in [9.17, 15) is 19.3 Å². The molecule has 1 unspecified atom stereocenters. The number of aromatic nitrogens is 4. The average molecular weight is 647 g/mol. The number of rotatable bonds is 12. The van der Waals surface area contributed by atoms with Crippen LogP contribution in [0.4, 0.5) is 5.95 Å². The van der Waals surface area contributed by atoms with E-state index < -0.39 is 49.3 Å². The number of hydrogen-bond donors (Lipinski definition) is 3.